The van der Waals surface area contributed by atoms with Crippen LogP contribution in [-0.2, 0) is 22.5 Å². The number of nitrogens with one attached hydrogen (secondary N) is 1. The molecule has 1 aromatic heterocycles. The van der Waals surface area contributed by atoms with E-state index < -0.39 is 5.54 Å². The fourth-order valence-corrected chi connectivity index (χ4v) is 2.35. The average Bonchev–Trinajstić information content (AvgIpc) is 3.09. The van der Waals surface area contributed by atoms with Crippen molar-refractivity contribution < 1.29 is 9.53 Å². The van der Waals surface area contributed by atoms with Crippen molar-refractivity contribution in [3.63, 3.8) is 0 Å². The van der Waals surface area contributed by atoms with Crippen LogP contribution < -0.4 is 5.32 Å². The van der Waals surface area contributed by atoms with Gasteiger partial charge >= 0.3 is 5.97 Å². The number of carbonyl (C=O) groups excluding carboxylic acids is 1. The summed E-state index contributed by atoms with van der Waals surface area (Å²) >= 11 is 0. The molecule has 1 atom stereocenters. The molecule has 0 spiro atoms. The van der Waals surface area contributed by atoms with Gasteiger partial charge in [-0.25, -0.2) is 9.78 Å². The van der Waals surface area contributed by atoms with Gasteiger partial charge in [0.05, 0.1) is 13.7 Å². The molecule has 106 valence electrons. The smallest absolute Gasteiger partial charge is 0.327 e. The zero-order chi connectivity index (χ0) is 13.9. The number of aryl methyl sites for hydroxylation is 1. The van der Waals surface area contributed by atoms with Gasteiger partial charge in [0.1, 0.15) is 11.4 Å². The quantitative estimate of drug-likeness (QED) is 0.759. The Bertz CT molecular complexity index is 440. The molecule has 19 heavy (non-hydrogen) atoms. The third-order valence-electron chi connectivity index (χ3n) is 3.50. The van der Waals surface area contributed by atoms with E-state index in [4.69, 9.17) is 4.74 Å². The normalized spacial score (nSPS) is 18.1. The van der Waals surface area contributed by atoms with E-state index >= 15 is 0 Å². The molecule has 0 bridgehead atoms. The van der Waals surface area contributed by atoms with E-state index in [-0.39, 0.29) is 5.97 Å². The van der Waals surface area contributed by atoms with Crippen LogP contribution in [0, 0.1) is 0 Å². The van der Waals surface area contributed by atoms with Gasteiger partial charge in [-0.1, -0.05) is 6.92 Å². The third kappa shape index (κ3) is 3.35. The molecule has 1 N–H and O–H groups in total. The van der Waals surface area contributed by atoms with E-state index in [1.807, 2.05) is 13.1 Å². The van der Waals surface area contributed by atoms with Gasteiger partial charge in [0.15, 0.2) is 0 Å². The Hall–Kier alpha value is -1.36. The van der Waals surface area contributed by atoms with Gasteiger partial charge in [-0.2, -0.15) is 0 Å². The molecular formula is C14H23N3O2. The van der Waals surface area contributed by atoms with Crippen molar-refractivity contribution in [1.29, 1.82) is 0 Å². The van der Waals surface area contributed by atoms with Gasteiger partial charge in [0.25, 0.3) is 0 Å². The number of imidazole rings is 1. The van der Waals surface area contributed by atoms with Crippen LogP contribution in [0.2, 0.25) is 0 Å². The molecule has 1 heterocycles. The minimum Gasteiger partial charge on any atom is -0.468 e. The standard InChI is InChI=1S/C14H23N3O2/c1-4-5-12-15-8-9-17(12)10-14(2,13(18)19-3)16-11-6-7-11/h8-9,11,16H,4-7,10H2,1-3H3. The van der Waals surface area contributed by atoms with Crippen molar-refractivity contribution in [1.82, 2.24) is 14.9 Å². The summed E-state index contributed by atoms with van der Waals surface area (Å²) in [6, 6.07) is 0.447. The molecule has 1 fully saturated rings. The molecule has 1 aliphatic rings. The van der Waals surface area contributed by atoms with E-state index in [1.54, 1.807) is 6.20 Å². The molecule has 0 radical (unpaired) electrons. The van der Waals surface area contributed by atoms with E-state index in [0.717, 1.165) is 31.5 Å². The summed E-state index contributed by atoms with van der Waals surface area (Å²) in [4.78, 5) is 16.4. The maximum atomic E-state index is 12.1. The molecular weight excluding hydrogens is 242 g/mol. The van der Waals surface area contributed by atoms with E-state index in [0.29, 0.717) is 12.6 Å². The first-order chi connectivity index (χ1) is 9.09. The number of hydrogen-bond acceptors (Lipinski definition) is 4. The van der Waals surface area contributed by atoms with Crippen molar-refractivity contribution in [2.24, 2.45) is 0 Å². The molecule has 0 amide bonds. The summed E-state index contributed by atoms with van der Waals surface area (Å²) in [6.07, 6.45) is 7.97. The molecule has 0 aliphatic heterocycles. The highest BCUT2D eigenvalue weighted by Gasteiger charge is 2.40. The second-order valence-corrected chi connectivity index (χ2v) is 5.46. The lowest BCUT2D eigenvalue weighted by atomic mass is 10.0. The van der Waals surface area contributed by atoms with Gasteiger partial charge in [-0.05, 0) is 26.2 Å². The largest absolute Gasteiger partial charge is 0.468 e. The Balaban J connectivity index is 2.14. The SMILES string of the molecule is CCCc1nccn1CC(C)(NC1CC1)C(=O)OC. The number of aromatic nitrogens is 2. The number of ether oxygens (including phenoxy) is 1. The van der Waals surface area contributed by atoms with Crippen LogP contribution >= 0.6 is 0 Å². The third-order valence-corrected chi connectivity index (χ3v) is 3.50. The van der Waals surface area contributed by atoms with Crippen LogP contribution in [0.25, 0.3) is 0 Å². The second kappa shape index (κ2) is 5.74. The molecule has 2 rings (SSSR count). The van der Waals surface area contributed by atoms with E-state index in [9.17, 15) is 4.79 Å². The summed E-state index contributed by atoms with van der Waals surface area (Å²) in [5.74, 6) is 0.811. The molecule has 1 aromatic rings. The van der Waals surface area contributed by atoms with Crippen molar-refractivity contribution >= 4 is 5.97 Å². The highest BCUT2D eigenvalue weighted by molar-refractivity contribution is 5.80. The van der Waals surface area contributed by atoms with Crippen molar-refractivity contribution in [3.8, 4) is 0 Å². The Morgan fingerprint density at radius 2 is 2.37 bits per heavy atom. The zero-order valence-electron chi connectivity index (χ0n) is 12.0. The number of rotatable bonds is 7. The first-order valence-corrected chi connectivity index (χ1v) is 6.95. The predicted octanol–water partition coefficient (Wildman–Crippen LogP) is 1.52. The maximum Gasteiger partial charge on any atom is 0.327 e. The number of hydrogen-bond donors (Lipinski definition) is 1. The van der Waals surface area contributed by atoms with Gasteiger partial charge in [0.2, 0.25) is 0 Å². The van der Waals surface area contributed by atoms with Crippen molar-refractivity contribution in [2.45, 2.75) is 57.7 Å². The predicted molar refractivity (Wildman–Crippen MR) is 72.8 cm³/mol. The Morgan fingerprint density at radius 3 is 2.95 bits per heavy atom. The Kier molecular flexibility index (Phi) is 4.24. The van der Waals surface area contributed by atoms with Gasteiger partial charge < -0.3 is 9.30 Å². The molecule has 5 heteroatoms. The molecule has 0 aromatic carbocycles. The van der Waals surface area contributed by atoms with Crippen LogP contribution in [0.5, 0.6) is 0 Å². The molecule has 0 saturated heterocycles. The van der Waals surface area contributed by atoms with Gasteiger partial charge in [-0.3, -0.25) is 5.32 Å². The monoisotopic (exact) mass is 265 g/mol. The Morgan fingerprint density at radius 1 is 1.63 bits per heavy atom. The summed E-state index contributed by atoms with van der Waals surface area (Å²) in [6.45, 7) is 4.60. The molecule has 1 saturated carbocycles. The number of esters is 1. The van der Waals surface area contributed by atoms with Gasteiger partial charge in [-0.15, -0.1) is 0 Å². The molecule has 5 nitrogen and oxygen atoms in total. The van der Waals surface area contributed by atoms with Crippen molar-refractivity contribution in [3.05, 3.63) is 18.2 Å². The highest BCUT2D eigenvalue weighted by atomic mass is 16.5. The van der Waals surface area contributed by atoms with E-state index in [2.05, 4.69) is 21.8 Å². The highest BCUT2D eigenvalue weighted by Crippen LogP contribution is 2.24. The van der Waals surface area contributed by atoms with Crippen LogP contribution in [0.15, 0.2) is 12.4 Å². The summed E-state index contributed by atoms with van der Waals surface area (Å²) in [5, 5.41) is 3.40. The first kappa shape index (κ1) is 14.1. The lowest BCUT2D eigenvalue weighted by molar-refractivity contribution is -0.148. The average molecular weight is 265 g/mol. The van der Waals surface area contributed by atoms with E-state index in [1.165, 1.54) is 7.11 Å². The minimum absolute atomic E-state index is 0.212. The summed E-state index contributed by atoms with van der Waals surface area (Å²) < 4.78 is 7.01. The number of carbonyl (C=O) groups is 1. The van der Waals surface area contributed by atoms with Crippen LogP contribution in [-0.4, -0.2) is 34.2 Å². The van der Waals surface area contributed by atoms with Gasteiger partial charge in [0, 0.05) is 24.9 Å². The second-order valence-electron chi connectivity index (χ2n) is 5.46. The molecule has 1 unspecified atom stereocenters. The summed E-state index contributed by atoms with van der Waals surface area (Å²) in [5.41, 5.74) is -0.681. The maximum absolute atomic E-state index is 12.1. The lowest BCUT2D eigenvalue weighted by Crippen LogP contribution is -2.54. The lowest BCUT2D eigenvalue weighted by Gasteiger charge is -2.29. The number of nitrogens with zero attached hydrogens (tertiary/aromatic N) is 2. The minimum atomic E-state index is -0.681. The van der Waals surface area contributed by atoms with Crippen LogP contribution in [0.4, 0.5) is 0 Å². The van der Waals surface area contributed by atoms with Crippen molar-refractivity contribution in [2.75, 3.05) is 7.11 Å². The fraction of sp³-hybridized carbons (Fsp3) is 0.714. The molecule has 1 aliphatic carbocycles. The number of methoxy groups -OCH3 is 1. The van der Waals surface area contributed by atoms with Crippen LogP contribution in [0.1, 0.15) is 38.9 Å². The fourth-order valence-electron chi connectivity index (χ4n) is 2.35. The van der Waals surface area contributed by atoms with Crippen LogP contribution in [0.3, 0.4) is 0 Å². The Labute approximate surface area is 114 Å². The summed E-state index contributed by atoms with van der Waals surface area (Å²) in [7, 11) is 1.44. The first-order valence-electron chi connectivity index (χ1n) is 6.95. The zero-order valence-corrected chi connectivity index (χ0v) is 12.0. The topological polar surface area (TPSA) is 56.2 Å².